The van der Waals surface area contributed by atoms with Gasteiger partial charge in [0.1, 0.15) is 0 Å². The quantitative estimate of drug-likeness (QED) is 0.739. The summed E-state index contributed by atoms with van der Waals surface area (Å²) < 4.78 is 1.37. The Morgan fingerprint density at radius 2 is 2.11 bits per heavy atom. The van der Waals surface area contributed by atoms with Gasteiger partial charge >= 0.3 is 0 Å². The van der Waals surface area contributed by atoms with Gasteiger partial charge in [-0.1, -0.05) is 18.2 Å². The highest BCUT2D eigenvalue weighted by molar-refractivity contribution is 7.19. The van der Waals surface area contributed by atoms with Gasteiger partial charge in [0, 0.05) is 15.6 Å². The highest BCUT2D eigenvalue weighted by atomic mass is 32.1. The lowest BCUT2D eigenvalue weighted by molar-refractivity contribution is 0.603. The highest BCUT2D eigenvalue weighted by Crippen LogP contribution is 2.31. The molecule has 1 N–H and O–H groups in total. The third-order valence-corrected chi connectivity index (χ3v) is 5.12. The van der Waals surface area contributed by atoms with Gasteiger partial charge in [-0.3, -0.25) is 0 Å². The fourth-order valence-electron chi connectivity index (χ4n) is 2.16. The molecule has 1 aromatic carbocycles. The van der Waals surface area contributed by atoms with Crippen LogP contribution in [0.4, 0.5) is 0 Å². The van der Waals surface area contributed by atoms with Gasteiger partial charge in [-0.15, -0.1) is 11.3 Å². The first-order chi connectivity index (χ1) is 8.86. The number of rotatable bonds is 4. The molecule has 3 heteroatoms. The Hall–Kier alpha value is -1.16. The summed E-state index contributed by atoms with van der Waals surface area (Å²) in [6.45, 7) is 0. The Morgan fingerprint density at radius 3 is 2.83 bits per heavy atom. The molecule has 3 aromatic rings. The Kier molecular flexibility index (Phi) is 3.46. The van der Waals surface area contributed by atoms with Crippen molar-refractivity contribution in [3.63, 3.8) is 0 Å². The number of hydrogen-bond acceptors (Lipinski definition) is 3. The number of hydrogen-bond donors (Lipinski definition) is 1. The monoisotopic (exact) mass is 273 g/mol. The topological polar surface area (TPSA) is 12.0 Å². The maximum atomic E-state index is 3.43. The van der Waals surface area contributed by atoms with E-state index in [9.17, 15) is 0 Å². The molecule has 1 atom stereocenters. The predicted octanol–water partition coefficient (Wildman–Crippen LogP) is 4.47. The summed E-state index contributed by atoms with van der Waals surface area (Å²) in [4.78, 5) is 1.42. The molecule has 0 aliphatic rings. The Balaban J connectivity index is 1.90. The minimum atomic E-state index is 0.414. The van der Waals surface area contributed by atoms with Crippen molar-refractivity contribution >= 4 is 32.8 Å². The van der Waals surface area contributed by atoms with Crippen molar-refractivity contribution in [2.45, 2.75) is 12.5 Å². The molecule has 2 heterocycles. The van der Waals surface area contributed by atoms with E-state index < -0.39 is 0 Å². The summed E-state index contributed by atoms with van der Waals surface area (Å²) in [6, 6.07) is 13.5. The average Bonchev–Trinajstić information content (AvgIpc) is 3.04. The van der Waals surface area contributed by atoms with Crippen molar-refractivity contribution < 1.29 is 0 Å². The molecule has 92 valence electrons. The van der Waals surface area contributed by atoms with Gasteiger partial charge in [0.2, 0.25) is 0 Å². The smallest absolute Gasteiger partial charge is 0.0453 e. The maximum Gasteiger partial charge on any atom is 0.0453 e. The number of nitrogens with one attached hydrogen (secondary N) is 1. The fraction of sp³-hybridized carbons (Fsp3) is 0.200. The summed E-state index contributed by atoms with van der Waals surface area (Å²) in [7, 11) is 2.04. The standard InChI is InChI=1S/C15H15NS2/c1-16-13(8-11-6-7-17-10-11)15-9-12-4-2-3-5-14(12)18-15/h2-7,9-10,13,16H,8H2,1H3. The number of fused-ring (bicyclic) bond motifs is 1. The Morgan fingerprint density at radius 1 is 1.22 bits per heavy atom. The Bertz CT molecular complexity index is 592. The van der Waals surface area contributed by atoms with Gasteiger partial charge in [0.25, 0.3) is 0 Å². The molecular formula is C15H15NS2. The second-order valence-corrected chi connectivity index (χ2v) is 6.26. The molecule has 18 heavy (non-hydrogen) atoms. The van der Waals surface area contributed by atoms with Crippen LogP contribution in [0.25, 0.3) is 10.1 Å². The van der Waals surface area contributed by atoms with E-state index in [1.165, 1.54) is 20.5 Å². The molecule has 0 saturated heterocycles. The van der Waals surface area contributed by atoms with E-state index in [1.807, 2.05) is 18.4 Å². The van der Waals surface area contributed by atoms with Crippen molar-refractivity contribution in [1.29, 1.82) is 0 Å². The molecule has 1 nitrogen and oxygen atoms in total. The predicted molar refractivity (Wildman–Crippen MR) is 81.6 cm³/mol. The summed E-state index contributed by atoms with van der Waals surface area (Å²) in [5, 5.41) is 9.16. The average molecular weight is 273 g/mol. The molecular weight excluding hydrogens is 258 g/mol. The third-order valence-electron chi connectivity index (χ3n) is 3.16. The third kappa shape index (κ3) is 2.34. The molecule has 1 unspecified atom stereocenters. The van der Waals surface area contributed by atoms with E-state index >= 15 is 0 Å². The lowest BCUT2D eigenvalue weighted by Crippen LogP contribution is -2.17. The normalized spacial score (nSPS) is 12.9. The van der Waals surface area contributed by atoms with E-state index in [0.717, 1.165) is 6.42 Å². The summed E-state index contributed by atoms with van der Waals surface area (Å²) in [5.41, 5.74) is 1.41. The zero-order valence-electron chi connectivity index (χ0n) is 10.2. The fourth-order valence-corrected chi connectivity index (χ4v) is 4.02. The molecule has 0 fully saturated rings. The summed E-state index contributed by atoms with van der Waals surface area (Å²) in [5.74, 6) is 0. The van der Waals surface area contributed by atoms with Crippen LogP contribution >= 0.6 is 22.7 Å². The van der Waals surface area contributed by atoms with Crippen LogP contribution in [0.15, 0.2) is 47.2 Å². The second kappa shape index (κ2) is 5.22. The second-order valence-electron chi connectivity index (χ2n) is 4.36. The van der Waals surface area contributed by atoms with Crippen LogP contribution < -0.4 is 5.32 Å². The summed E-state index contributed by atoms with van der Waals surface area (Å²) in [6.07, 6.45) is 1.06. The first kappa shape index (κ1) is 11.9. The molecule has 0 bridgehead atoms. The van der Waals surface area contributed by atoms with Crippen LogP contribution in [-0.4, -0.2) is 7.05 Å². The van der Waals surface area contributed by atoms with Crippen molar-refractivity contribution in [2.75, 3.05) is 7.05 Å². The van der Waals surface area contributed by atoms with Crippen LogP contribution in [0.5, 0.6) is 0 Å². The van der Waals surface area contributed by atoms with Crippen molar-refractivity contribution in [3.05, 3.63) is 57.6 Å². The zero-order chi connectivity index (χ0) is 12.4. The van der Waals surface area contributed by atoms with E-state index in [4.69, 9.17) is 0 Å². The Labute approximate surface area is 115 Å². The van der Waals surface area contributed by atoms with Crippen molar-refractivity contribution in [1.82, 2.24) is 5.32 Å². The van der Waals surface area contributed by atoms with E-state index in [-0.39, 0.29) is 0 Å². The number of thiophene rings is 2. The van der Waals surface area contributed by atoms with Crippen LogP contribution in [0.1, 0.15) is 16.5 Å². The SMILES string of the molecule is CNC(Cc1ccsc1)c1cc2ccccc2s1. The number of benzene rings is 1. The molecule has 0 aliphatic heterocycles. The van der Waals surface area contributed by atoms with Crippen LogP contribution in [-0.2, 0) is 6.42 Å². The van der Waals surface area contributed by atoms with E-state index in [0.29, 0.717) is 6.04 Å². The lowest BCUT2D eigenvalue weighted by atomic mass is 10.1. The molecule has 0 saturated carbocycles. The lowest BCUT2D eigenvalue weighted by Gasteiger charge is -2.13. The molecule has 0 amide bonds. The van der Waals surface area contributed by atoms with Crippen molar-refractivity contribution in [3.8, 4) is 0 Å². The van der Waals surface area contributed by atoms with Gasteiger partial charge in [-0.25, -0.2) is 0 Å². The zero-order valence-corrected chi connectivity index (χ0v) is 11.9. The van der Waals surface area contributed by atoms with Gasteiger partial charge < -0.3 is 5.32 Å². The van der Waals surface area contributed by atoms with Crippen LogP contribution in [0, 0.1) is 0 Å². The number of likely N-dealkylation sites (N-methyl/N-ethyl adjacent to an activating group) is 1. The largest absolute Gasteiger partial charge is 0.312 e. The van der Waals surface area contributed by atoms with Crippen molar-refractivity contribution in [2.24, 2.45) is 0 Å². The van der Waals surface area contributed by atoms with Gasteiger partial charge in [-0.05, 0) is 53.4 Å². The van der Waals surface area contributed by atoms with E-state index in [2.05, 4.69) is 52.5 Å². The molecule has 0 aliphatic carbocycles. The molecule has 2 aromatic heterocycles. The summed E-state index contributed by atoms with van der Waals surface area (Å²) >= 11 is 3.66. The highest BCUT2D eigenvalue weighted by Gasteiger charge is 2.13. The minimum absolute atomic E-state index is 0.414. The van der Waals surface area contributed by atoms with Gasteiger partial charge in [-0.2, -0.15) is 11.3 Å². The first-order valence-corrected chi connectivity index (χ1v) is 7.79. The minimum Gasteiger partial charge on any atom is -0.312 e. The molecule has 0 radical (unpaired) electrons. The van der Waals surface area contributed by atoms with Gasteiger partial charge in [0.05, 0.1) is 0 Å². The first-order valence-electron chi connectivity index (χ1n) is 6.03. The van der Waals surface area contributed by atoms with Crippen LogP contribution in [0.3, 0.4) is 0 Å². The maximum absolute atomic E-state index is 3.43. The van der Waals surface area contributed by atoms with E-state index in [1.54, 1.807) is 11.3 Å². The van der Waals surface area contributed by atoms with Gasteiger partial charge in [0.15, 0.2) is 0 Å². The molecule has 3 rings (SSSR count). The molecule has 0 spiro atoms. The van der Waals surface area contributed by atoms with Crippen LogP contribution in [0.2, 0.25) is 0 Å².